The average molecular weight is 293 g/mol. The van der Waals surface area contributed by atoms with E-state index in [0.717, 1.165) is 32.6 Å². The molecule has 2 unspecified atom stereocenters. The van der Waals surface area contributed by atoms with Gasteiger partial charge in [0.2, 0.25) is 5.91 Å². The maximum atomic E-state index is 12.6. The Kier molecular flexibility index (Phi) is 5.53. The van der Waals surface area contributed by atoms with Crippen molar-refractivity contribution in [2.45, 2.75) is 44.9 Å². The highest BCUT2D eigenvalue weighted by Gasteiger charge is 2.31. The number of carbonyl (C=O) groups is 1. The van der Waals surface area contributed by atoms with Gasteiger partial charge in [-0.1, -0.05) is 12.8 Å². The summed E-state index contributed by atoms with van der Waals surface area (Å²) in [6, 6.07) is 0. The predicted octanol–water partition coefficient (Wildman–Crippen LogP) is 1.71. The second-order valence-corrected chi connectivity index (χ2v) is 7.20. The number of piperidine rings is 1. The summed E-state index contributed by atoms with van der Waals surface area (Å²) >= 11 is 0. The molecule has 0 aliphatic carbocycles. The molecule has 1 N–H and O–H groups in total. The number of amides is 1. The zero-order chi connectivity index (χ0) is 14.5. The van der Waals surface area contributed by atoms with E-state index in [2.05, 4.69) is 15.1 Å². The van der Waals surface area contributed by atoms with Crippen molar-refractivity contribution in [3.05, 3.63) is 0 Å². The minimum atomic E-state index is 0.252. The topological polar surface area (TPSA) is 35.6 Å². The first-order valence-electron chi connectivity index (χ1n) is 9.05. The van der Waals surface area contributed by atoms with E-state index in [4.69, 9.17) is 0 Å². The summed E-state index contributed by atoms with van der Waals surface area (Å²) in [4.78, 5) is 17.4. The number of nitrogens with one attached hydrogen (secondary N) is 1. The van der Waals surface area contributed by atoms with Crippen LogP contribution in [0.5, 0.6) is 0 Å². The van der Waals surface area contributed by atoms with Crippen LogP contribution < -0.4 is 5.32 Å². The quantitative estimate of drug-likeness (QED) is 0.860. The average Bonchev–Trinajstić information content (AvgIpc) is 2.93. The van der Waals surface area contributed by atoms with Crippen molar-refractivity contribution in [2.24, 2.45) is 11.8 Å². The Morgan fingerprint density at radius 2 is 1.81 bits per heavy atom. The van der Waals surface area contributed by atoms with Crippen molar-refractivity contribution in [3.8, 4) is 0 Å². The SMILES string of the molecule is O=C(C1CCNC1)N1CCCC(CN2CCCCCC2)C1. The molecule has 3 fully saturated rings. The summed E-state index contributed by atoms with van der Waals surface area (Å²) < 4.78 is 0. The number of hydrogen-bond donors (Lipinski definition) is 1. The van der Waals surface area contributed by atoms with Gasteiger partial charge in [0.05, 0.1) is 5.92 Å². The monoisotopic (exact) mass is 293 g/mol. The summed E-state index contributed by atoms with van der Waals surface area (Å²) in [7, 11) is 0. The Hall–Kier alpha value is -0.610. The lowest BCUT2D eigenvalue weighted by atomic mass is 9.95. The number of carbonyl (C=O) groups excluding carboxylic acids is 1. The van der Waals surface area contributed by atoms with Crippen LogP contribution in [-0.4, -0.2) is 61.5 Å². The van der Waals surface area contributed by atoms with Crippen molar-refractivity contribution in [3.63, 3.8) is 0 Å². The van der Waals surface area contributed by atoms with Crippen LogP contribution in [0.3, 0.4) is 0 Å². The Bertz CT molecular complexity index is 333. The van der Waals surface area contributed by atoms with Crippen LogP contribution in [0.25, 0.3) is 0 Å². The van der Waals surface area contributed by atoms with E-state index in [-0.39, 0.29) is 5.92 Å². The van der Waals surface area contributed by atoms with E-state index in [1.165, 1.54) is 58.2 Å². The maximum Gasteiger partial charge on any atom is 0.227 e. The summed E-state index contributed by atoms with van der Waals surface area (Å²) in [6.45, 7) is 7.67. The molecule has 21 heavy (non-hydrogen) atoms. The smallest absolute Gasteiger partial charge is 0.227 e. The molecule has 0 aromatic rings. The summed E-state index contributed by atoms with van der Waals surface area (Å²) in [5.41, 5.74) is 0. The van der Waals surface area contributed by atoms with Crippen molar-refractivity contribution in [1.29, 1.82) is 0 Å². The molecular formula is C17H31N3O. The predicted molar refractivity (Wildman–Crippen MR) is 85.2 cm³/mol. The molecule has 4 heteroatoms. The van der Waals surface area contributed by atoms with Gasteiger partial charge in [-0.05, 0) is 57.7 Å². The second kappa shape index (κ2) is 7.59. The Labute approximate surface area is 129 Å². The van der Waals surface area contributed by atoms with Gasteiger partial charge in [-0.2, -0.15) is 0 Å². The van der Waals surface area contributed by atoms with Gasteiger partial charge in [0.1, 0.15) is 0 Å². The lowest BCUT2D eigenvalue weighted by Gasteiger charge is -2.36. The third-order valence-electron chi connectivity index (χ3n) is 5.46. The van der Waals surface area contributed by atoms with Crippen LogP contribution in [0, 0.1) is 11.8 Å². The fourth-order valence-electron chi connectivity index (χ4n) is 4.22. The number of nitrogens with zero attached hydrogens (tertiary/aromatic N) is 2. The van der Waals surface area contributed by atoms with E-state index < -0.39 is 0 Å². The molecule has 3 saturated heterocycles. The second-order valence-electron chi connectivity index (χ2n) is 7.20. The van der Waals surface area contributed by atoms with Gasteiger partial charge < -0.3 is 15.1 Å². The summed E-state index contributed by atoms with van der Waals surface area (Å²) in [5, 5.41) is 3.32. The molecule has 0 saturated carbocycles. The van der Waals surface area contributed by atoms with E-state index in [1.54, 1.807) is 0 Å². The Morgan fingerprint density at radius 1 is 1.00 bits per heavy atom. The Morgan fingerprint density at radius 3 is 2.52 bits per heavy atom. The minimum Gasteiger partial charge on any atom is -0.342 e. The third-order valence-corrected chi connectivity index (χ3v) is 5.46. The fraction of sp³-hybridized carbons (Fsp3) is 0.941. The fourth-order valence-corrected chi connectivity index (χ4v) is 4.22. The molecule has 3 rings (SSSR count). The number of hydrogen-bond acceptors (Lipinski definition) is 3. The van der Waals surface area contributed by atoms with Crippen molar-refractivity contribution in [1.82, 2.24) is 15.1 Å². The molecule has 3 aliphatic heterocycles. The van der Waals surface area contributed by atoms with E-state index in [9.17, 15) is 4.79 Å². The lowest BCUT2D eigenvalue weighted by molar-refractivity contribution is -0.136. The molecule has 3 aliphatic rings. The highest BCUT2D eigenvalue weighted by atomic mass is 16.2. The molecule has 3 heterocycles. The van der Waals surface area contributed by atoms with Crippen LogP contribution in [-0.2, 0) is 4.79 Å². The van der Waals surface area contributed by atoms with E-state index in [0.29, 0.717) is 11.8 Å². The van der Waals surface area contributed by atoms with Gasteiger partial charge in [0.25, 0.3) is 0 Å². The molecule has 0 radical (unpaired) electrons. The highest BCUT2D eigenvalue weighted by Crippen LogP contribution is 2.22. The van der Waals surface area contributed by atoms with Crippen LogP contribution in [0.15, 0.2) is 0 Å². The van der Waals surface area contributed by atoms with Gasteiger partial charge in [0.15, 0.2) is 0 Å². The molecule has 4 nitrogen and oxygen atoms in total. The molecule has 0 aromatic carbocycles. The molecule has 0 bridgehead atoms. The Balaban J connectivity index is 1.49. The molecule has 1 amide bonds. The van der Waals surface area contributed by atoms with Crippen molar-refractivity contribution in [2.75, 3.05) is 45.8 Å². The highest BCUT2D eigenvalue weighted by molar-refractivity contribution is 5.79. The first kappa shape index (κ1) is 15.3. The summed E-state index contributed by atoms with van der Waals surface area (Å²) in [5.74, 6) is 1.37. The van der Waals surface area contributed by atoms with Gasteiger partial charge in [-0.25, -0.2) is 0 Å². The number of rotatable bonds is 3. The molecular weight excluding hydrogens is 262 g/mol. The third kappa shape index (κ3) is 4.19. The van der Waals surface area contributed by atoms with Gasteiger partial charge in [-0.3, -0.25) is 4.79 Å². The molecule has 0 spiro atoms. The van der Waals surface area contributed by atoms with Gasteiger partial charge in [0, 0.05) is 26.2 Å². The van der Waals surface area contributed by atoms with E-state index in [1.807, 2.05) is 0 Å². The molecule has 0 aromatic heterocycles. The van der Waals surface area contributed by atoms with Crippen LogP contribution in [0.4, 0.5) is 0 Å². The van der Waals surface area contributed by atoms with Crippen LogP contribution >= 0.6 is 0 Å². The summed E-state index contributed by atoms with van der Waals surface area (Å²) in [6.07, 6.45) is 9.08. The zero-order valence-corrected chi connectivity index (χ0v) is 13.4. The standard InChI is InChI=1S/C17H31N3O/c21-17(16-7-8-18-12-16)20-11-5-6-15(14-20)13-19-9-3-1-2-4-10-19/h15-16,18H,1-14H2. The van der Waals surface area contributed by atoms with Crippen LogP contribution in [0.2, 0.25) is 0 Å². The first-order valence-corrected chi connectivity index (χ1v) is 9.05. The van der Waals surface area contributed by atoms with Crippen molar-refractivity contribution >= 4 is 5.91 Å². The van der Waals surface area contributed by atoms with Crippen molar-refractivity contribution < 1.29 is 4.79 Å². The maximum absolute atomic E-state index is 12.6. The lowest BCUT2D eigenvalue weighted by Crippen LogP contribution is -2.46. The largest absolute Gasteiger partial charge is 0.342 e. The van der Waals surface area contributed by atoms with E-state index >= 15 is 0 Å². The van der Waals surface area contributed by atoms with Crippen LogP contribution in [0.1, 0.15) is 44.9 Å². The molecule has 120 valence electrons. The first-order chi connectivity index (χ1) is 10.3. The molecule has 2 atom stereocenters. The van der Waals surface area contributed by atoms with Gasteiger partial charge >= 0.3 is 0 Å². The number of likely N-dealkylation sites (tertiary alicyclic amines) is 2. The van der Waals surface area contributed by atoms with Gasteiger partial charge in [-0.15, -0.1) is 0 Å². The normalized spacial score (nSPS) is 32.1. The zero-order valence-electron chi connectivity index (χ0n) is 13.4. The minimum absolute atomic E-state index is 0.252.